The molecule has 0 bridgehead atoms. The third-order valence-electron chi connectivity index (χ3n) is 4.28. The molecule has 0 aromatic heterocycles. The molecular formula is C13H25NO2. The average Bonchev–Trinajstić information content (AvgIpc) is 2.29. The second-order valence-electron chi connectivity index (χ2n) is 5.27. The summed E-state index contributed by atoms with van der Waals surface area (Å²) in [5.41, 5.74) is 5.89. The zero-order valence-electron chi connectivity index (χ0n) is 10.5. The molecule has 0 saturated heterocycles. The molecule has 0 spiro atoms. The van der Waals surface area contributed by atoms with E-state index in [1.165, 1.54) is 32.1 Å². The van der Waals surface area contributed by atoms with Gasteiger partial charge in [0.25, 0.3) is 0 Å². The van der Waals surface area contributed by atoms with Gasteiger partial charge in [0.2, 0.25) is 0 Å². The summed E-state index contributed by atoms with van der Waals surface area (Å²) in [6.07, 6.45) is 8.27. The highest BCUT2D eigenvalue weighted by Gasteiger charge is 2.42. The molecule has 3 heteroatoms. The van der Waals surface area contributed by atoms with Gasteiger partial charge in [0, 0.05) is 13.2 Å². The first-order valence-corrected chi connectivity index (χ1v) is 6.70. The molecule has 3 nitrogen and oxygen atoms in total. The van der Waals surface area contributed by atoms with Crippen molar-refractivity contribution < 1.29 is 9.47 Å². The summed E-state index contributed by atoms with van der Waals surface area (Å²) in [6.45, 7) is 2.27. The lowest BCUT2D eigenvalue weighted by atomic mass is 9.82. The van der Waals surface area contributed by atoms with Crippen molar-refractivity contribution in [3.63, 3.8) is 0 Å². The van der Waals surface area contributed by atoms with Crippen molar-refractivity contribution in [1.82, 2.24) is 0 Å². The summed E-state index contributed by atoms with van der Waals surface area (Å²) >= 11 is 0. The van der Waals surface area contributed by atoms with Gasteiger partial charge in [-0.15, -0.1) is 0 Å². The topological polar surface area (TPSA) is 44.5 Å². The molecule has 2 saturated carbocycles. The zero-order chi connectivity index (χ0) is 11.5. The molecular weight excluding hydrogens is 202 g/mol. The van der Waals surface area contributed by atoms with Crippen molar-refractivity contribution in [2.24, 2.45) is 11.7 Å². The largest absolute Gasteiger partial charge is 0.377 e. The fraction of sp³-hybridized carbons (Fsp3) is 1.00. The van der Waals surface area contributed by atoms with Gasteiger partial charge in [0.1, 0.15) is 0 Å². The second kappa shape index (κ2) is 5.48. The zero-order valence-corrected chi connectivity index (χ0v) is 10.5. The molecule has 0 radical (unpaired) electrons. The van der Waals surface area contributed by atoms with Crippen LogP contribution in [0.4, 0.5) is 0 Å². The first kappa shape index (κ1) is 12.3. The minimum Gasteiger partial charge on any atom is -0.377 e. The van der Waals surface area contributed by atoms with Crippen LogP contribution in [0.25, 0.3) is 0 Å². The van der Waals surface area contributed by atoms with E-state index >= 15 is 0 Å². The Bertz CT molecular complexity index is 222. The summed E-state index contributed by atoms with van der Waals surface area (Å²) in [5.74, 6) is 0.753. The summed E-state index contributed by atoms with van der Waals surface area (Å²) in [7, 11) is 1.73. The number of nitrogens with two attached hydrogens (primary N) is 1. The molecule has 16 heavy (non-hydrogen) atoms. The Morgan fingerprint density at radius 3 is 2.56 bits per heavy atom. The fourth-order valence-electron chi connectivity index (χ4n) is 3.12. The standard InChI is InChI=1S/C13H25NO2/c1-3-9-6-4-5-7-11(9)16-12-8-10(14)13(12)15-2/h9-13H,3-8,14H2,1-2H3. The molecule has 0 amide bonds. The van der Waals surface area contributed by atoms with Crippen molar-refractivity contribution >= 4 is 0 Å². The molecule has 94 valence electrons. The van der Waals surface area contributed by atoms with Gasteiger partial charge in [-0.05, 0) is 25.2 Å². The van der Waals surface area contributed by atoms with Crippen LogP contribution >= 0.6 is 0 Å². The van der Waals surface area contributed by atoms with E-state index in [0.717, 1.165) is 12.3 Å². The maximum Gasteiger partial charge on any atom is 0.0984 e. The van der Waals surface area contributed by atoms with Crippen molar-refractivity contribution in [2.75, 3.05) is 7.11 Å². The molecule has 2 rings (SSSR count). The Kier molecular flexibility index (Phi) is 4.22. The Balaban J connectivity index is 1.83. The van der Waals surface area contributed by atoms with Crippen LogP contribution < -0.4 is 5.73 Å². The quantitative estimate of drug-likeness (QED) is 0.800. The highest BCUT2D eigenvalue weighted by atomic mass is 16.5. The SMILES string of the molecule is CCC1CCCCC1OC1CC(N)C1OC. The van der Waals surface area contributed by atoms with Gasteiger partial charge in [0.15, 0.2) is 0 Å². The summed E-state index contributed by atoms with van der Waals surface area (Å²) in [4.78, 5) is 0. The van der Waals surface area contributed by atoms with Crippen molar-refractivity contribution in [3.8, 4) is 0 Å². The molecule has 5 atom stereocenters. The van der Waals surface area contributed by atoms with Crippen LogP contribution in [-0.4, -0.2) is 31.5 Å². The van der Waals surface area contributed by atoms with Crippen molar-refractivity contribution in [1.29, 1.82) is 0 Å². The van der Waals surface area contributed by atoms with Crippen LogP contribution in [0.15, 0.2) is 0 Å². The predicted octanol–water partition coefficient (Wildman–Crippen LogP) is 2.09. The van der Waals surface area contributed by atoms with Gasteiger partial charge in [-0.2, -0.15) is 0 Å². The van der Waals surface area contributed by atoms with E-state index in [9.17, 15) is 0 Å². The Hall–Kier alpha value is -0.120. The Morgan fingerprint density at radius 1 is 1.19 bits per heavy atom. The van der Waals surface area contributed by atoms with Gasteiger partial charge in [0.05, 0.1) is 18.3 Å². The molecule has 0 aliphatic heterocycles. The predicted molar refractivity (Wildman–Crippen MR) is 64.3 cm³/mol. The fourth-order valence-corrected chi connectivity index (χ4v) is 3.12. The Morgan fingerprint density at radius 2 is 1.94 bits per heavy atom. The maximum absolute atomic E-state index is 6.20. The molecule has 5 unspecified atom stereocenters. The lowest BCUT2D eigenvalue weighted by Crippen LogP contribution is -2.59. The monoisotopic (exact) mass is 227 g/mol. The first-order chi connectivity index (χ1) is 7.76. The number of methoxy groups -OCH3 is 1. The Labute approximate surface area is 98.7 Å². The molecule has 2 fully saturated rings. The minimum atomic E-state index is 0.124. The lowest BCUT2D eigenvalue weighted by molar-refractivity contribution is -0.167. The van der Waals surface area contributed by atoms with Crippen LogP contribution in [0, 0.1) is 5.92 Å². The number of ether oxygens (including phenoxy) is 2. The van der Waals surface area contributed by atoms with Gasteiger partial charge in [-0.1, -0.05) is 26.2 Å². The number of hydrogen-bond acceptors (Lipinski definition) is 3. The second-order valence-corrected chi connectivity index (χ2v) is 5.27. The third kappa shape index (κ3) is 2.41. The maximum atomic E-state index is 6.20. The summed E-state index contributed by atoms with van der Waals surface area (Å²) < 4.78 is 11.6. The summed E-state index contributed by atoms with van der Waals surface area (Å²) in [5, 5.41) is 0. The number of hydrogen-bond donors (Lipinski definition) is 1. The van der Waals surface area contributed by atoms with E-state index in [1.54, 1.807) is 7.11 Å². The van der Waals surface area contributed by atoms with Crippen molar-refractivity contribution in [2.45, 2.75) is 69.8 Å². The number of rotatable bonds is 4. The first-order valence-electron chi connectivity index (χ1n) is 6.70. The van der Waals surface area contributed by atoms with E-state index in [-0.39, 0.29) is 18.2 Å². The van der Waals surface area contributed by atoms with Crippen LogP contribution in [0.2, 0.25) is 0 Å². The van der Waals surface area contributed by atoms with E-state index in [1.807, 2.05) is 0 Å². The molecule has 0 aromatic rings. The average molecular weight is 227 g/mol. The minimum absolute atomic E-state index is 0.124. The van der Waals surface area contributed by atoms with Crippen molar-refractivity contribution in [3.05, 3.63) is 0 Å². The van der Waals surface area contributed by atoms with Crippen LogP contribution in [0.1, 0.15) is 45.4 Å². The van der Waals surface area contributed by atoms with Crippen LogP contribution in [0.3, 0.4) is 0 Å². The van der Waals surface area contributed by atoms with Gasteiger partial charge in [-0.3, -0.25) is 0 Å². The van der Waals surface area contributed by atoms with Gasteiger partial charge in [-0.25, -0.2) is 0 Å². The summed E-state index contributed by atoms with van der Waals surface area (Å²) in [6, 6.07) is 0.179. The van der Waals surface area contributed by atoms with E-state index in [2.05, 4.69) is 6.92 Å². The highest BCUT2D eigenvalue weighted by Crippen LogP contribution is 2.34. The highest BCUT2D eigenvalue weighted by molar-refractivity contribution is 4.96. The molecule has 0 heterocycles. The van der Waals surface area contributed by atoms with E-state index in [0.29, 0.717) is 6.10 Å². The third-order valence-corrected chi connectivity index (χ3v) is 4.28. The van der Waals surface area contributed by atoms with E-state index in [4.69, 9.17) is 15.2 Å². The van der Waals surface area contributed by atoms with E-state index < -0.39 is 0 Å². The normalized spacial score (nSPS) is 44.1. The molecule has 2 aliphatic carbocycles. The molecule has 0 aromatic carbocycles. The smallest absolute Gasteiger partial charge is 0.0984 e. The molecule has 2 aliphatic rings. The van der Waals surface area contributed by atoms with Gasteiger partial charge < -0.3 is 15.2 Å². The lowest BCUT2D eigenvalue weighted by Gasteiger charge is -2.44. The molecule has 2 N–H and O–H groups in total. The van der Waals surface area contributed by atoms with Gasteiger partial charge >= 0.3 is 0 Å². The van der Waals surface area contributed by atoms with Crippen LogP contribution in [0.5, 0.6) is 0 Å². The van der Waals surface area contributed by atoms with Crippen LogP contribution in [-0.2, 0) is 9.47 Å².